The van der Waals surface area contributed by atoms with Crippen LogP contribution in [0.5, 0.6) is 0 Å². The van der Waals surface area contributed by atoms with Crippen molar-refractivity contribution in [1.82, 2.24) is 9.62 Å². The van der Waals surface area contributed by atoms with E-state index in [1.54, 1.807) is 12.1 Å². The van der Waals surface area contributed by atoms with Crippen LogP contribution < -0.4 is 5.32 Å². The summed E-state index contributed by atoms with van der Waals surface area (Å²) in [5, 5.41) is 13.5. The highest BCUT2D eigenvalue weighted by molar-refractivity contribution is 7.89. The lowest BCUT2D eigenvalue weighted by Crippen LogP contribution is -2.32. The van der Waals surface area contributed by atoms with Crippen LogP contribution in [0.25, 0.3) is 0 Å². The van der Waals surface area contributed by atoms with Crippen LogP contribution in [0.4, 0.5) is 5.69 Å². The summed E-state index contributed by atoms with van der Waals surface area (Å²) in [5.41, 5.74) is 0.821. The maximum Gasteiger partial charge on any atom is 0.269 e. The van der Waals surface area contributed by atoms with Crippen molar-refractivity contribution in [3.8, 4) is 0 Å². The number of carbonyl (C=O) groups excluding carboxylic acids is 1. The molecule has 0 aromatic heterocycles. The van der Waals surface area contributed by atoms with Gasteiger partial charge in [0.2, 0.25) is 10.0 Å². The van der Waals surface area contributed by atoms with E-state index in [0.29, 0.717) is 18.7 Å². The van der Waals surface area contributed by atoms with Crippen LogP contribution in [-0.4, -0.2) is 36.6 Å². The zero-order valence-electron chi connectivity index (χ0n) is 16.2. The summed E-state index contributed by atoms with van der Waals surface area (Å²) < 4.78 is 27.5. The quantitative estimate of drug-likeness (QED) is 0.531. The minimum Gasteiger partial charge on any atom is -0.348 e. The number of hydrogen-bond acceptors (Lipinski definition) is 5. The number of amides is 1. The summed E-state index contributed by atoms with van der Waals surface area (Å²) >= 11 is 6.17. The number of nitrogens with one attached hydrogen (secondary N) is 1. The van der Waals surface area contributed by atoms with Crippen molar-refractivity contribution < 1.29 is 18.1 Å². The summed E-state index contributed by atoms with van der Waals surface area (Å²) in [5.74, 6) is -0.461. The second-order valence-corrected chi connectivity index (χ2v) is 9.38. The molecule has 0 bridgehead atoms. The van der Waals surface area contributed by atoms with Gasteiger partial charge in [0, 0.05) is 37.3 Å². The summed E-state index contributed by atoms with van der Waals surface area (Å²) in [6.07, 6.45) is 3.58. The molecule has 1 amide bonds. The highest BCUT2D eigenvalue weighted by atomic mass is 35.5. The van der Waals surface area contributed by atoms with Crippen molar-refractivity contribution >= 4 is 33.2 Å². The molecule has 1 aliphatic heterocycles. The number of halogens is 1. The van der Waals surface area contributed by atoms with Crippen LogP contribution in [-0.2, 0) is 16.6 Å². The molecule has 10 heteroatoms. The van der Waals surface area contributed by atoms with Gasteiger partial charge in [-0.2, -0.15) is 4.31 Å². The number of carbonyl (C=O) groups is 1. The molecule has 160 valence electrons. The molecule has 1 saturated heterocycles. The van der Waals surface area contributed by atoms with E-state index in [0.717, 1.165) is 25.7 Å². The van der Waals surface area contributed by atoms with Crippen molar-refractivity contribution in [3.05, 3.63) is 68.7 Å². The molecule has 1 fully saturated rings. The standard InChI is InChI=1S/C20H22ClN3O5S/c21-18-10-7-16(13-19(18)30(28,29)23-11-3-1-2-4-12-23)20(25)22-14-15-5-8-17(9-6-15)24(26)27/h5-10,13H,1-4,11-12,14H2,(H,22,25). The molecule has 1 N–H and O–H groups in total. The molecule has 0 aliphatic carbocycles. The SMILES string of the molecule is O=C(NCc1ccc([N+](=O)[O-])cc1)c1ccc(Cl)c(S(=O)(=O)N2CCCCCC2)c1. The number of benzene rings is 2. The Morgan fingerprint density at radius 1 is 1.07 bits per heavy atom. The van der Waals surface area contributed by atoms with E-state index in [4.69, 9.17) is 11.6 Å². The van der Waals surface area contributed by atoms with Gasteiger partial charge in [0.1, 0.15) is 4.90 Å². The lowest BCUT2D eigenvalue weighted by molar-refractivity contribution is -0.384. The minimum absolute atomic E-state index is 0.0360. The van der Waals surface area contributed by atoms with Gasteiger partial charge in [-0.1, -0.05) is 36.6 Å². The Hall–Kier alpha value is -2.49. The molecule has 0 radical (unpaired) electrons. The van der Waals surface area contributed by atoms with Crippen molar-refractivity contribution in [2.24, 2.45) is 0 Å². The van der Waals surface area contributed by atoms with Gasteiger partial charge < -0.3 is 5.32 Å². The number of non-ortho nitro benzene ring substituents is 1. The molecule has 0 atom stereocenters. The van der Waals surface area contributed by atoms with Crippen LogP contribution >= 0.6 is 11.6 Å². The van der Waals surface area contributed by atoms with Crippen LogP contribution in [0.3, 0.4) is 0 Å². The summed E-state index contributed by atoms with van der Waals surface area (Å²) in [6.45, 7) is 1.03. The highest BCUT2D eigenvalue weighted by Gasteiger charge is 2.28. The van der Waals surface area contributed by atoms with Gasteiger partial charge in [-0.25, -0.2) is 8.42 Å². The Morgan fingerprint density at radius 2 is 1.70 bits per heavy atom. The largest absolute Gasteiger partial charge is 0.348 e. The van der Waals surface area contributed by atoms with E-state index < -0.39 is 20.9 Å². The zero-order chi connectivity index (χ0) is 21.7. The average molecular weight is 452 g/mol. The summed E-state index contributed by atoms with van der Waals surface area (Å²) in [7, 11) is -3.79. The van der Waals surface area contributed by atoms with E-state index in [2.05, 4.69) is 5.32 Å². The fraction of sp³-hybridized carbons (Fsp3) is 0.350. The summed E-state index contributed by atoms with van der Waals surface area (Å²) in [4.78, 5) is 22.7. The van der Waals surface area contributed by atoms with Crippen molar-refractivity contribution in [3.63, 3.8) is 0 Å². The van der Waals surface area contributed by atoms with Crippen LogP contribution in [0.15, 0.2) is 47.4 Å². The fourth-order valence-electron chi connectivity index (χ4n) is 3.28. The maximum absolute atomic E-state index is 13.1. The predicted octanol–water partition coefficient (Wildman–Crippen LogP) is 3.74. The van der Waals surface area contributed by atoms with Gasteiger partial charge in [0.05, 0.1) is 9.95 Å². The Kier molecular flexibility index (Phi) is 7.06. The van der Waals surface area contributed by atoms with E-state index in [9.17, 15) is 23.3 Å². The first kappa shape index (κ1) is 22.2. The van der Waals surface area contributed by atoms with Crippen LogP contribution in [0.2, 0.25) is 5.02 Å². The van der Waals surface area contributed by atoms with Gasteiger partial charge in [0.15, 0.2) is 0 Å². The molecule has 1 heterocycles. The third kappa shape index (κ3) is 5.16. The Labute approximate surface area is 180 Å². The number of sulfonamides is 1. The van der Waals surface area contributed by atoms with Gasteiger partial charge in [-0.15, -0.1) is 0 Å². The lowest BCUT2D eigenvalue weighted by Gasteiger charge is -2.21. The van der Waals surface area contributed by atoms with Crippen molar-refractivity contribution in [1.29, 1.82) is 0 Å². The smallest absolute Gasteiger partial charge is 0.269 e. The zero-order valence-corrected chi connectivity index (χ0v) is 17.8. The van der Waals surface area contributed by atoms with Gasteiger partial charge in [-0.05, 0) is 36.6 Å². The molecule has 0 saturated carbocycles. The van der Waals surface area contributed by atoms with E-state index in [1.165, 1.54) is 34.6 Å². The first-order chi connectivity index (χ1) is 14.3. The highest BCUT2D eigenvalue weighted by Crippen LogP contribution is 2.27. The van der Waals surface area contributed by atoms with Crippen molar-refractivity contribution in [2.45, 2.75) is 37.1 Å². The monoisotopic (exact) mass is 451 g/mol. The Bertz CT molecular complexity index is 1030. The van der Waals surface area contributed by atoms with Gasteiger partial charge in [0.25, 0.3) is 11.6 Å². The van der Waals surface area contributed by atoms with Crippen LogP contribution in [0.1, 0.15) is 41.6 Å². The van der Waals surface area contributed by atoms with E-state index in [1.807, 2.05) is 0 Å². The molecule has 30 heavy (non-hydrogen) atoms. The molecule has 0 spiro atoms. The fourth-order valence-corrected chi connectivity index (χ4v) is 5.30. The normalized spacial score (nSPS) is 15.4. The number of hydrogen-bond donors (Lipinski definition) is 1. The minimum atomic E-state index is -3.79. The molecule has 3 rings (SSSR count). The van der Waals surface area contributed by atoms with E-state index in [-0.39, 0.29) is 27.7 Å². The third-order valence-corrected chi connectivity index (χ3v) is 7.36. The van der Waals surface area contributed by atoms with Gasteiger partial charge >= 0.3 is 0 Å². The number of rotatable bonds is 6. The molecule has 8 nitrogen and oxygen atoms in total. The predicted molar refractivity (Wildman–Crippen MR) is 113 cm³/mol. The van der Waals surface area contributed by atoms with Crippen LogP contribution in [0, 0.1) is 10.1 Å². The number of nitro benzene ring substituents is 1. The topological polar surface area (TPSA) is 110 Å². The molecule has 1 aliphatic rings. The Balaban J connectivity index is 1.75. The van der Waals surface area contributed by atoms with Crippen molar-refractivity contribution in [2.75, 3.05) is 13.1 Å². The average Bonchev–Trinajstić information content (AvgIpc) is 3.02. The molecule has 2 aromatic rings. The third-order valence-electron chi connectivity index (χ3n) is 4.98. The lowest BCUT2D eigenvalue weighted by atomic mass is 10.2. The molecular formula is C20H22ClN3O5S. The molecular weight excluding hydrogens is 430 g/mol. The first-order valence-corrected chi connectivity index (χ1v) is 11.4. The van der Waals surface area contributed by atoms with E-state index >= 15 is 0 Å². The summed E-state index contributed by atoms with van der Waals surface area (Å²) in [6, 6.07) is 9.99. The molecule has 2 aromatic carbocycles. The number of nitro groups is 1. The maximum atomic E-state index is 13.1. The second kappa shape index (κ2) is 9.55. The number of nitrogens with zero attached hydrogens (tertiary/aromatic N) is 2. The molecule has 0 unspecified atom stereocenters. The second-order valence-electron chi connectivity index (χ2n) is 7.07. The van der Waals surface area contributed by atoms with Gasteiger partial charge in [-0.3, -0.25) is 14.9 Å². The Morgan fingerprint density at radius 3 is 2.30 bits per heavy atom. The first-order valence-electron chi connectivity index (χ1n) is 9.60.